The molecule has 1 aliphatic rings. The molecule has 1 aromatic carbocycles. The molecule has 0 saturated carbocycles. The lowest BCUT2D eigenvalue weighted by molar-refractivity contribution is 0.0841. The number of nitrogens with one attached hydrogen (secondary N) is 1. The number of hydrogen-bond donors (Lipinski definition) is 3. The number of aliphatic hydroxyl groups is 1. The van der Waals surface area contributed by atoms with Crippen molar-refractivity contribution in [2.75, 3.05) is 31.5 Å². The Morgan fingerprint density at radius 1 is 1.38 bits per heavy atom. The summed E-state index contributed by atoms with van der Waals surface area (Å²) in [4.78, 5) is 6.28. The molecule has 0 atom stereocenters. The standard InChI is InChI=1S/C14H20F2N4O/c15-10-1-2-12(16)13(9-10)19-14(17)18-5-8-20-6-3-11(21)4-7-20/h1-2,9,11,21H,3-8H2,(H3,17,18,19). The van der Waals surface area contributed by atoms with E-state index in [-0.39, 0.29) is 17.8 Å². The van der Waals surface area contributed by atoms with Crippen molar-refractivity contribution in [3.8, 4) is 0 Å². The van der Waals surface area contributed by atoms with Crippen LogP contribution in [0.25, 0.3) is 0 Å². The molecular weight excluding hydrogens is 278 g/mol. The van der Waals surface area contributed by atoms with Gasteiger partial charge in [0.25, 0.3) is 0 Å². The first kappa shape index (κ1) is 15.7. The van der Waals surface area contributed by atoms with E-state index in [1.807, 2.05) is 0 Å². The Bertz CT molecular complexity index is 502. The fraction of sp³-hybridized carbons (Fsp3) is 0.500. The fourth-order valence-electron chi connectivity index (χ4n) is 2.23. The fourth-order valence-corrected chi connectivity index (χ4v) is 2.23. The molecule has 4 N–H and O–H groups in total. The zero-order valence-electron chi connectivity index (χ0n) is 11.7. The van der Waals surface area contributed by atoms with Crippen LogP contribution in [0.2, 0.25) is 0 Å². The lowest BCUT2D eigenvalue weighted by atomic mass is 10.1. The number of rotatable bonds is 4. The Kier molecular flexibility index (Phi) is 5.46. The van der Waals surface area contributed by atoms with E-state index in [4.69, 9.17) is 5.73 Å². The number of nitrogens with zero attached hydrogens (tertiary/aromatic N) is 2. The third-order valence-corrected chi connectivity index (χ3v) is 3.45. The minimum atomic E-state index is -0.584. The normalized spacial score (nSPS) is 18.0. The molecular formula is C14H20F2N4O. The zero-order valence-corrected chi connectivity index (χ0v) is 11.7. The Hall–Kier alpha value is -1.73. The summed E-state index contributed by atoms with van der Waals surface area (Å²) in [6.45, 7) is 2.86. The van der Waals surface area contributed by atoms with Gasteiger partial charge in [-0.25, -0.2) is 8.78 Å². The van der Waals surface area contributed by atoms with Gasteiger partial charge in [-0.05, 0) is 25.0 Å². The van der Waals surface area contributed by atoms with E-state index in [0.29, 0.717) is 6.54 Å². The highest BCUT2D eigenvalue weighted by atomic mass is 19.1. The van der Waals surface area contributed by atoms with E-state index >= 15 is 0 Å². The van der Waals surface area contributed by atoms with Crippen molar-refractivity contribution in [3.63, 3.8) is 0 Å². The minimum Gasteiger partial charge on any atom is -0.393 e. The van der Waals surface area contributed by atoms with Gasteiger partial charge in [0.05, 0.1) is 18.3 Å². The van der Waals surface area contributed by atoms with Gasteiger partial charge in [0, 0.05) is 25.7 Å². The Balaban J connectivity index is 1.80. The molecule has 0 spiro atoms. The number of aliphatic hydroxyl groups excluding tert-OH is 1. The number of nitrogens with two attached hydrogens (primary N) is 1. The molecule has 0 bridgehead atoms. The number of guanidine groups is 1. The average Bonchev–Trinajstić information content (AvgIpc) is 2.45. The maximum Gasteiger partial charge on any atom is 0.193 e. The maximum atomic E-state index is 13.4. The molecule has 1 heterocycles. The van der Waals surface area contributed by atoms with Crippen LogP contribution in [0.1, 0.15) is 12.8 Å². The van der Waals surface area contributed by atoms with E-state index in [9.17, 15) is 13.9 Å². The van der Waals surface area contributed by atoms with Crippen LogP contribution in [0.15, 0.2) is 23.2 Å². The molecule has 1 saturated heterocycles. The van der Waals surface area contributed by atoms with Crippen molar-refractivity contribution in [3.05, 3.63) is 29.8 Å². The molecule has 0 aromatic heterocycles. The van der Waals surface area contributed by atoms with Crippen LogP contribution >= 0.6 is 0 Å². The first-order chi connectivity index (χ1) is 10.0. The van der Waals surface area contributed by atoms with Crippen LogP contribution in [0.5, 0.6) is 0 Å². The molecule has 7 heteroatoms. The summed E-state index contributed by atoms with van der Waals surface area (Å²) in [5.41, 5.74) is 5.62. The first-order valence-corrected chi connectivity index (χ1v) is 6.97. The largest absolute Gasteiger partial charge is 0.393 e. The topological polar surface area (TPSA) is 73.9 Å². The second-order valence-electron chi connectivity index (χ2n) is 5.09. The van der Waals surface area contributed by atoms with E-state index in [0.717, 1.165) is 50.7 Å². The summed E-state index contributed by atoms with van der Waals surface area (Å²) in [7, 11) is 0. The molecule has 2 rings (SSSR count). The van der Waals surface area contributed by atoms with Gasteiger partial charge in [-0.15, -0.1) is 0 Å². The van der Waals surface area contributed by atoms with Crippen molar-refractivity contribution in [1.29, 1.82) is 0 Å². The van der Waals surface area contributed by atoms with Crippen molar-refractivity contribution < 1.29 is 13.9 Å². The van der Waals surface area contributed by atoms with Crippen molar-refractivity contribution in [1.82, 2.24) is 4.90 Å². The summed E-state index contributed by atoms with van der Waals surface area (Å²) in [5.74, 6) is -1.07. The van der Waals surface area contributed by atoms with Crippen LogP contribution in [0.3, 0.4) is 0 Å². The predicted molar refractivity (Wildman–Crippen MR) is 78.2 cm³/mol. The van der Waals surface area contributed by atoms with E-state index in [1.165, 1.54) is 0 Å². The molecule has 1 fully saturated rings. The summed E-state index contributed by atoms with van der Waals surface area (Å²) >= 11 is 0. The Morgan fingerprint density at radius 3 is 2.81 bits per heavy atom. The van der Waals surface area contributed by atoms with Crippen LogP contribution in [-0.4, -0.2) is 48.2 Å². The molecule has 0 radical (unpaired) electrons. The maximum absolute atomic E-state index is 13.4. The number of anilines is 1. The molecule has 1 aromatic rings. The smallest absolute Gasteiger partial charge is 0.193 e. The number of piperidine rings is 1. The van der Waals surface area contributed by atoms with E-state index in [1.54, 1.807) is 0 Å². The lowest BCUT2D eigenvalue weighted by Gasteiger charge is -2.28. The van der Waals surface area contributed by atoms with Crippen molar-refractivity contribution >= 4 is 11.6 Å². The SMILES string of the molecule is NC(=NCCN1CCC(O)CC1)Nc1cc(F)ccc1F. The number of halogens is 2. The summed E-state index contributed by atoms with van der Waals surface area (Å²) in [5, 5.41) is 12.0. The summed E-state index contributed by atoms with van der Waals surface area (Å²) in [6, 6.07) is 3.10. The van der Waals surface area contributed by atoms with Gasteiger partial charge in [0.2, 0.25) is 0 Å². The molecule has 0 aliphatic carbocycles. The zero-order chi connectivity index (χ0) is 15.2. The second kappa shape index (κ2) is 7.33. The van der Waals surface area contributed by atoms with Crippen LogP contribution in [0.4, 0.5) is 14.5 Å². The van der Waals surface area contributed by atoms with Gasteiger partial charge in [0.15, 0.2) is 5.96 Å². The number of hydrogen-bond acceptors (Lipinski definition) is 3. The molecule has 116 valence electrons. The quantitative estimate of drug-likeness (QED) is 0.576. The lowest BCUT2D eigenvalue weighted by Crippen LogP contribution is -2.37. The predicted octanol–water partition coefficient (Wildman–Crippen LogP) is 1.15. The van der Waals surface area contributed by atoms with E-state index < -0.39 is 11.6 Å². The van der Waals surface area contributed by atoms with Crippen LogP contribution in [-0.2, 0) is 0 Å². The molecule has 0 amide bonds. The summed E-state index contributed by atoms with van der Waals surface area (Å²) in [6.07, 6.45) is 1.34. The monoisotopic (exact) mass is 298 g/mol. The van der Waals surface area contributed by atoms with Gasteiger partial charge in [-0.2, -0.15) is 0 Å². The average molecular weight is 298 g/mol. The van der Waals surface area contributed by atoms with Crippen molar-refractivity contribution in [2.24, 2.45) is 10.7 Å². The van der Waals surface area contributed by atoms with Gasteiger partial charge < -0.3 is 21.1 Å². The highest BCUT2D eigenvalue weighted by Gasteiger charge is 2.16. The number of benzene rings is 1. The Labute approximate surface area is 122 Å². The van der Waals surface area contributed by atoms with Gasteiger partial charge in [-0.1, -0.05) is 0 Å². The number of aliphatic imine (C=N–C) groups is 1. The second-order valence-corrected chi connectivity index (χ2v) is 5.09. The Morgan fingerprint density at radius 2 is 2.10 bits per heavy atom. The van der Waals surface area contributed by atoms with E-state index in [2.05, 4.69) is 15.2 Å². The molecule has 0 unspecified atom stereocenters. The molecule has 5 nitrogen and oxygen atoms in total. The van der Waals surface area contributed by atoms with Crippen LogP contribution in [0, 0.1) is 11.6 Å². The third-order valence-electron chi connectivity index (χ3n) is 3.45. The first-order valence-electron chi connectivity index (χ1n) is 6.97. The number of likely N-dealkylation sites (tertiary alicyclic amines) is 1. The van der Waals surface area contributed by atoms with Gasteiger partial charge in [-0.3, -0.25) is 4.99 Å². The van der Waals surface area contributed by atoms with Gasteiger partial charge in [0.1, 0.15) is 11.6 Å². The highest BCUT2D eigenvalue weighted by molar-refractivity contribution is 5.92. The van der Waals surface area contributed by atoms with Gasteiger partial charge >= 0.3 is 0 Å². The highest BCUT2D eigenvalue weighted by Crippen LogP contribution is 2.14. The molecule has 1 aliphatic heterocycles. The minimum absolute atomic E-state index is 0.0302. The summed E-state index contributed by atoms with van der Waals surface area (Å²) < 4.78 is 26.4. The molecule has 21 heavy (non-hydrogen) atoms. The van der Waals surface area contributed by atoms with Crippen LogP contribution < -0.4 is 11.1 Å². The van der Waals surface area contributed by atoms with Crippen molar-refractivity contribution in [2.45, 2.75) is 18.9 Å². The third kappa shape index (κ3) is 4.95.